The molecule has 136 valence electrons. The smallest absolute Gasteiger partial charge is 0.235 e. The summed E-state index contributed by atoms with van der Waals surface area (Å²) in [5.41, 5.74) is 2.11. The first kappa shape index (κ1) is 19.3. The number of hydrogen-bond acceptors (Lipinski definition) is 3. The van der Waals surface area contributed by atoms with E-state index in [0.717, 1.165) is 12.0 Å². The van der Waals surface area contributed by atoms with Gasteiger partial charge in [0.25, 0.3) is 0 Å². The standard InChI is InChI=1S/C20H21FN2O3/c1-3-14-4-8-16(9-5-14)22-19(25)12-18(13(2)24)20(26)23-17-10-6-15(21)7-11-17/h4-11,18H,3,12H2,1-2H3,(H,22,25)(H,23,26). The summed E-state index contributed by atoms with van der Waals surface area (Å²) in [6.45, 7) is 3.29. The van der Waals surface area contributed by atoms with Crippen LogP contribution in [0.3, 0.4) is 0 Å². The normalized spacial score (nSPS) is 11.5. The van der Waals surface area contributed by atoms with Crippen LogP contribution in [0.2, 0.25) is 0 Å². The quantitative estimate of drug-likeness (QED) is 0.745. The van der Waals surface area contributed by atoms with Crippen LogP contribution in [0.4, 0.5) is 15.8 Å². The number of carbonyl (C=O) groups is 3. The topological polar surface area (TPSA) is 75.3 Å². The molecule has 5 nitrogen and oxygen atoms in total. The van der Waals surface area contributed by atoms with Gasteiger partial charge in [-0.05, 0) is 55.3 Å². The lowest BCUT2D eigenvalue weighted by Crippen LogP contribution is -2.32. The number of Topliss-reactive ketones (excluding diaryl/α,β-unsaturated/α-hetero) is 1. The minimum atomic E-state index is -1.12. The first-order valence-electron chi connectivity index (χ1n) is 8.34. The van der Waals surface area contributed by atoms with E-state index in [-0.39, 0.29) is 6.42 Å². The lowest BCUT2D eigenvalue weighted by atomic mass is 9.99. The average molecular weight is 356 g/mol. The van der Waals surface area contributed by atoms with Gasteiger partial charge in [-0.3, -0.25) is 14.4 Å². The largest absolute Gasteiger partial charge is 0.326 e. The van der Waals surface area contributed by atoms with Crippen molar-refractivity contribution in [3.05, 3.63) is 59.9 Å². The fourth-order valence-corrected chi connectivity index (χ4v) is 2.40. The molecule has 0 radical (unpaired) electrons. The van der Waals surface area contributed by atoms with E-state index < -0.39 is 29.3 Å². The number of anilines is 2. The van der Waals surface area contributed by atoms with Crippen LogP contribution in [-0.2, 0) is 20.8 Å². The van der Waals surface area contributed by atoms with Gasteiger partial charge in [0.1, 0.15) is 17.5 Å². The first-order chi connectivity index (χ1) is 12.4. The molecule has 0 spiro atoms. The van der Waals surface area contributed by atoms with Crippen LogP contribution in [-0.4, -0.2) is 17.6 Å². The second-order valence-electron chi connectivity index (χ2n) is 5.96. The third-order valence-corrected chi connectivity index (χ3v) is 3.95. The summed E-state index contributed by atoms with van der Waals surface area (Å²) in [5, 5.41) is 5.21. The van der Waals surface area contributed by atoms with Gasteiger partial charge >= 0.3 is 0 Å². The molecular formula is C20H21FN2O3. The first-order valence-corrected chi connectivity index (χ1v) is 8.34. The Hall–Kier alpha value is -3.02. The van der Waals surface area contributed by atoms with E-state index in [1.165, 1.54) is 31.2 Å². The summed E-state index contributed by atoms with van der Waals surface area (Å²) in [7, 11) is 0. The Bertz CT molecular complexity index is 786. The fraction of sp³-hybridized carbons (Fsp3) is 0.250. The highest BCUT2D eigenvalue weighted by Crippen LogP contribution is 2.15. The lowest BCUT2D eigenvalue weighted by Gasteiger charge is -2.14. The molecule has 0 fully saturated rings. The number of rotatable bonds is 7. The third kappa shape index (κ3) is 5.51. The maximum atomic E-state index is 12.9. The predicted molar refractivity (Wildman–Crippen MR) is 98.3 cm³/mol. The summed E-state index contributed by atoms with van der Waals surface area (Å²) in [6, 6.07) is 12.5. The number of hydrogen-bond donors (Lipinski definition) is 2. The molecule has 0 aliphatic heterocycles. The molecule has 6 heteroatoms. The zero-order valence-corrected chi connectivity index (χ0v) is 14.7. The van der Waals surface area contributed by atoms with Gasteiger partial charge in [0, 0.05) is 17.8 Å². The van der Waals surface area contributed by atoms with Crippen molar-refractivity contribution in [2.45, 2.75) is 26.7 Å². The molecule has 1 unspecified atom stereocenters. The van der Waals surface area contributed by atoms with Crippen LogP contribution in [0.1, 0.15) is 25.8 Å². The Morgan fingerprint density at radius 3 is 2.00 bits per heavy atom. The molecule has 0 saturated carbocycles. The van der Waals surface area contributed by atoms with E-state index in [9.17, 15) is 18.8 Å². The van der Waals surface area contributed by atoms with Crippen molar-refractivity contribution < 1.29 is 18.8 Å². The highest BCUT2D eigenvalue weighted by Gasteiger charge is 2.26. The van der Waals surface area contributed by atoms with Crippen molar-refractivity contribution in [1.29, 1.82) is 0 Å². The second-order valence-corrected chi connectivity index (χ2v) is 5.96. The molecule has 1 atom stereocenters. The number of benzene rings is 2. The summed E-state index contributed by atoms with van der Waals surface area (Å²) < 4.78 is 12.9. The molecule has 2 aromatic rings. The van der Waals surface area contributed by atoms with E-state index in [2.05, 4.69) is 10.6 Å². The average Bonchev–Trinajstić information content (AvgIpc) is 2.62. The van der Waals surface area contributed by atoms with Gasteiger partial charge in [-0.1, -0.05) is 19.1 Å². The van der Waals surface area contributed by atoms with Crippen LogP contribution in [0, 0.1) is 11.7 Å². The van der Waals surface area contributed by atoms with Gasteiger partial charge in [-0.2, -0.15) is 0 Å². The number of amides is 2. The van der Waals surface area contributed by atoms with Gasteiger partial charge in [0.2, 0.25) is 11.8 Å². The number of aryl methyl sites for hydroxylation is 1. The third-order valence-electron chi connectivity index (χ3n) is 3.95. The van der Waals surface area contributed by atoms with Crippen LogP contribution >= 0.6 is 0 Å². The van der Waals surface area contributed by atoms with Crippen LogP contribution in [0.15, 0.2) is 48.5 Å². The summed E-state index contributed by atoms with van der Waals surface area (Å²) >= 11 is 0. The van der Waals surface area contributed by atoms with E-state index in [1.54, 1.807) is 12.1 Å². The second kappa shape index (κ2) is 8.89. The van der Waals surface area contributed by atoms with Crippen molar-refractivity contribution in [2.75, 3.05) is 10.6 Å². The Labute approximate surface area is 151 Å². The van der Waals surface area contributed by atoms with Crippen LogP contribution in [0.5, 0.6) is 0 Å². The molecule has 0 heterocycles. The maximum Gasteiger partial charge on any atom is 0.235 e. The summed E-state index contributed by atoms with van der Waals surface area (Å²) in [5.74, 6) is -2.99. The summed E-state index contributed by atoms with van der Waals surface area (Å²) in [6.07, 6.45) is 0.627. The highest BCUT2D eigenvalue weighted by atomic mass is 19.1. The van der Waals surface area contributed by atoms with E-state index in [1.807, 2.05) is 19.1 Å². The van der Waals surface area contributed by atoms with Crippen LogP contribution < -0.4 is 10.6 Å². The van der Waals surface area contributed by atoms with E-state index >= 15 is 0 Å². The maximum absolute atomic E-state index is 12.9. The zero-order valence-electron chi connectivity index (χ0n) is 14.7. The molecule has 0 saturated heterocycles. The number of nitrogens with one attached hydrogen (secondary N) is 2. The molecule has 2 aromatic carbocycles. The molecule has 0 aliphatic carbocycles. The molecule has 2 amide bonds. The number of halogens is 1. The van der Waals surface area contributed by atoms with Crippen molar-refractivity contribution in [1.82, 2.24) is 0 Å². The Morgan fingerprint density at radius 1 is 0.923 bits per heavy atom. The molecule has 26 heavy (non-hydrogen) atoms. The van der Waals surface area contributed by atoms with Crippen molar-refractivity contribution in [3.63, 3.8) is 0 Å². The van der Waals surface area contributed by atoms with Gasteiger partial charge in [-0.25, -0.2) is 4.39 Å². The van der Waals surface area contributed by atoms with Gasteiger partial charge < -0.3 is 10.6 Å². The van der Waals surface area contributed by atoms with Crippen molar-refractivity contribution in [2.24, 2.45) is 5.92 Å². The molecular weight excluding hydrogens is 335 g/mol. The lowest BCUT2D eigenvalue weighted by molar-refractivity contribution is -0.133. The molecule has 0 bridgehead atoms. The molecule has 2 N–H and O–H groups in total. The Morgan fingerprint density at radius 2 is 1.46 bits per heavy atom. The van der Waals surface area contributed by atoms with Gasteiger partial charge in [-0.15, -0.1) is 0 Å². The predicted octanol–water partition coefficient (Wildman–Crippen LogP) is 3.56. The van der Waals surface area contributed by atoms with Crippen LogP contribution in [0.25, 0.3) is 0 Å². The SMILES string of the molecule is CCc1ccc(NC(=O)CC(C(C)=O)C(=O)Nc2ccc(F)cc2)cc1. The van der Waals surface area contributed by atoms with Gasteiger partial charge in [0.15, 0.2) is 0 Å². The van der Waals surface area contributed by atoms with E-state index in [0.29, 0.717) is 11.4 Å². The fourth-order valence-electron chi connectivity index (χ4n) is 2.40. The monoisotopic (exact) mass is 356 g/mol. The Kier molecular flexibility index (Phi) is 6.60. The van der Waals surface area contributed by atoms with E-state index in [4.69, 9.17) is 0 Å². The molecule has 0 aliphatic rings. The number of carbonyl (C=O) groups excluding carboxylic acids is 3. The highest BCUT2D eigenvalue weighted by molar-refractivity contribution is 6.09. The van der Waals surface area contributed by atoms with Crippen molar-refractivity contribution >= 4 is 29.0 Å². The zero-order chi connectivity index (χ0) is 19.1. The van der Waals surface area contributed by atoms with Gasteiger partial charge in [0.05, 0.1) is 0 Å². The Balaban J connectivity index is 1.99. The molecule has 0 aromatic heterocycles. The minimum Gasteiger partial charge on any atom is -0.326 e. The number of ketones is 1. The summed E-state index contributed by atoms with van der Waals surface area (Å²) in [4.78, 5) is 36.3. The van der Waals surface area contributed by atoms with Crippen molar-refractivity contribution in [3.8, 4) is 0 Å². The minimum absolute atomic E-state index is 0.266. The molecule has 2 rings (SSSR count).